The first-order valence-electron chi connectivity index (χ1n) is 7.57. The van der Waals surface area contributed by atoms with E-state index in [0.29, 0.717) is 6.42 Å². The second-order valence-electron chi connectivity index (χ2n) is 6.46. The Balaban J connectivity index is 2.11. The van der Waals surface area contributed by atoms with Crippen molar-refractivity contribution in [2.75, 3.05) is 13.7 Å². The topological polar surface area (TPSA) is 83.6 Å². The van der Waals surface area contributed by atoms with Crippen molar-refractivity contribution in [3.05, 3.63) is 30.0 Å². The van der Waals surface area contributed by atoms with Crippen molar-refractivity contribution in [2.45, 2.75) is 38.8 Å². The fourth-order valence-electron chi connectivity index (χ4n) is 2.35. The summed E-state index contributed by atoms with van der Waals surface area (Å²) in [6.07, 6.45) is 1.83. The van der Waals surface area contributed by atoms with Crippen LogP contribution in [0.4, 0.5) is 4.79 Å². The molecule has 0 aliphatic rings. The van der Waals surface area contributed by atoms with Gasteiger partial charge in [-0.1, -0.05) is 0 Å². The standard InChI is InChI=1S/C17H24N2O4/c1-17(2,3)23-16(21)19-12(10-20)7-11-9-18-15-6-5-13(22-4)8-14(11)15/h5-6,8-9,12,18,20H,7,10H2,1-4H3,(H,19,21)/t12-/m0/s1. The van der Waals surface area contributed by atoms with E-state index in [1.807, 2.05) is 24.4 Å². The van der Waals surface area contributed by atoms with Crippen LogP contribution in [0.25, 0.3) is 10.9 Å². The Kier molecular flexibility index (Phi) is 5.15. The molecule has 2 rings (SSSR count). The molecular weight excluding hydrogens is 296 g/mol. The molecule has 0 aliphatic carbocycles. The third-order valence-electron chi connectivity index (χ3n) is 3.38. The van der Waals surface area contributed by atoms with Gasteiger partial charge in [-0.2, -0.15) is 0 Å². The number of aliphatic hydroxyl groups excluding tert-OH is 1. The van der Waals surface area contributed by atoms with Crippen LogP contribution < -0.4 is 10.1 Å². The van der Waals surface area contributed by atoms with Crippen LogP contribution in [0.1, 0.15) is 26.3 Å². The fourth-order valence-corrected chi connectivity index (χ4v) is 2.35. The number of nitrogens with one attached hydrogen (secondary N) is 2. The lowest BCUT2D eigenvalue weighted by atomic mass is 10.1. The van der Waals surface area contributed by atoms with E-state index in [-0.39, 0.29) is 6.61 Å². The fraction of sp³-hybridized carbons (Fsp3) is 0.471. The summed E-state index contributed by atoms with van der Waals surface area (Å²) in [5.41, 5.74) is 1.40. The minimum absolute atomic E-state index is 0.171. The zero-order valence-corrected chi connectivity index (χ0v) is 14.0. The molecule has 0 saturated heterocycles. The first-order chi connectivity index (χ1) is 10.8. The number of aliphatic hydroxyl groups is 1. The number of rotatable bonds is 5. The number of H-pyrrole nitrogens is 1. The molecule has 6 heteroatoms. The molecule has 1 aromatic heterocycles. The van der Waals surface area contributed by atoms with Crippen molar-refractivity contribution >= 4 is 17.0 Å². The molecule has 0 spiro atoms. The van der Waals surface area contributed by atoms with Crippen molar-refractivity contribution in [3.63, 3.8) is 0 Å². The number of amides is 1. The number of methoxy groups -OCH3 is 1. The predicted octanol–water partition coefficient (Wildman–Crippen LogP) is 2.60. The van der Waals surface area contributed by atoms with Crippen molar-refractivity contribution in [1.82, 2.24) is 10.3 Å². The number of hydrogen-bond donors (Lipinski definition) is 3. The van der Waals surface area contributed by atoms with Crippen LogP contribution in [-0.2, 0) is 11.2 Å². The maximum Gasteiger partial charge on any atom is 0.407 e. The van der Waals surface area contributed by atoms with E-state index >= 15 is 0 Å². The van der Waals surface area contributed by atoms with Gasteiger partial charge in [-0.05, 0) is 51.0 Å². The lowest BCUT2D eigenvalue weighted by Crippen LogP contribution is -2.42. The van der Waals surface area contributed by atoms with Crippen molar-refractivity contribution in [1.29, 1.82) is 0 Å². The van der Waals surface area contributed by atoms with Gasteiger partial charge in [-0.25, -0.2) is 4.79 Å². The second-order valence-corrected chi connectivity index (χ2v) is 6.46. The first kappa shape index (κ1) is 17.1. The molecule has 2 aromatic rings. The van der Waals surface area contributed by atoms with E-state index in [9.17, 15) is 9.90 Å². The lowest BCUT2D eigenvalue weighted by molar-refractivity contribution is 0.0483. The van der Waals surface area contributed by atoms with Crippen LogP contribution in [-0.4, -0.2) is 41.5 Å². The molecule has 126 valence electrons. The Morgan fingerprint density at radius 2 is 2.13 bits per heavy atom. The molecule has 0 radical (unpaired) electrons. The average molecular weight is 320 g/mol. The zero-order valence-electron chi connectivity index (χ0n) is 14.0. The van der Waals surface area contributed by atoms with Gasteiger partial charge in [0, 0.05) is 17.1 Å². The van der Waals surface area contributed by atoms with E-state index < -0.39 is 17.7 Å². The summed E-state index contributed by atoms with van der Waals surface area (Å²) in [5, 5.41) is 13.2. The van der Waals surface area contributed by atoms with Crippen LogP contribution in [0.3, 0.4) is 0 Å². The van der Waals surface area contributed by atoms with Gasteiger partial charge in [0.2, 0.25) is 0 Å². The Morgan fingerprint density at radius 1 is 1.39 bits per heavy atom. The molecule has 0 aliphatic heterocycles. The Hall–Kier alpha value is -2.21. The van der Waals surface area contributed by atoms with Crippen molar-refractivity contribution in [3.8, 4) is 5.75 Å². The average Bonchev–Trinajstić information content (AvgIpc) is 2.86. The Bertz CT molecular complexity index is 673. The SMILES string of the molecule is COc1ccc2[nH]cc(C[C@@H](CO)NC(=O)OC(C)(C)C)c2c1. The minimum atomic E-state index is -0.571. The van der Waals surface area contributed by atoms with Crippen LogP contribution in [0.5, 0.6) is 5.75 Å². The number of hydrogen-bond acceptors (Lipinski definition) is 4. The molecule has 1 atom stereocenters. The number of benzene rings is 1. The number of fused-ring (bicyclic) bond motifs is 1. The van der Waals surface area contributed by atoms with Gasteiger partial charge in [0.05, 0.1) is 19.8 Å². The van der Waals surface area contributed by atoms with E-state index in [2.05, 4.69) is 10.3 Å². The van der Waals surface area contributed by atoms with Gasteiger partial charge in [-0.15, -0.1) is 0 Å². The maximum atomic E-state index is 11.8. The highest BCUT2D eigenvalue weighted by Crippen LogP contribution is 2.24. The molecule has 0 unspecified atom stereocenters. The predicted molar refractivity (Wildman–Crippen MR) is 88.8 cm³/mol. The zero-order chi connectivity index (χ0) is 17.0. The van der Waals surface area contributed by atoms with E-state index in [4.69, 9.17) is 9.47 Å². The van der Waals surface area contributed by atoms with Gasteiger partial charge >= 0.3 is 6.09 Å². The number of carbonyl (C=O) groups excluding carboxylic acids is 1. The third-order valence-corrected chi connectivity index (χ3v) is 3.38. The number of alkyl carbamates (subject to hydrolysis) is 1. The molecule has 23 heavy (non-hydrogen) atoms. The summed E-state index contributed by atoms with van der Waals surface area (Å²) in [7, 11) is 1.62. The number of aromatic amines is 1. The van der Waals surface area contributed by atoms with Crippen molar-refractivity contribution in [2.24, 2.45) is 0 Å². The van der Waals surface area contributed by atoms with Gasteiger partial charge < -0.3 is 24.9 Å². The summed E-state index contributed by atoms with van der Waals surface area (Å²) in [4.78, 5) is 15.0. The first-order valence-corrected chi connectivity index (χ1v) is 7.57. The molecule has 3 N–H and O–H groups in total. The van der Waals surface area contributed by atoms with Crippen LogP contribution in [0.2, 0.25) is 0 Å². The molecule has 1 aromatic carbocycles. The monoisotopic (exact) mass is 320 g/mol. The Morgan fingerprint density at radius 3 is 2.74 bits per heavy atom. The van der Waals surface area contributed by atoms with Gasteiger partial charge in [0.15, 0.2) is 0 Å². The Labute approximate surface area is 135 Å². The normalized spacial score (nSPS) is 12.9. The molecule has 1 amide bonds. The largest absolute Gasteiger partial charge is 0.497 e. The smallest absolute Gasteiger partial charge is 0.407 e. The van der Waals surface area contributed by atoms with Gasteiger partial charge in [0.25, 0.3) is 0 Å². The maximum absolute atomic E-state index is 11.8. The molecule has 1 heterocycles. The van der Waals surface area contributed by atoms with E-state index in [0.717, 1.165) is 22.2 Å². The van der Waals surface area contributed by atoms with Crippen LogP contribution >= 0.6 is 0 Å². The van der Waals surface area contributed by atoms with Gasteiger partial charge in [-0.3, -0.25) is 0 Å². The molecule has 6 nitrogen and oxygen atoms in total. The van der Waals surface area contributed by atoms with E-state index in [1.54, 1.807) is 27.9 Å². The highest BCUT2D eigenvalue weighted by Gasteiger charge is 2.20. The molecule has 0 bridgehead atoms. The number of ether oxygens (including phenoxy) is 2. The van der Waals surface area contributed by atoms with Gasteiger partial charge in [0.1, 0.15) is 11.4 Å². The summed E-state index contributed by atoms with van der Waals surface area (Å²) >= 11 is 0. The summed E-state index contributed by atoms with van der Waals surface area (Å²) in [5.74, 6) is 0.763. The highest BCUT2D eigenvalue weighted by atomic mass is 16.6. The second kappa shape index (κ2) is 6.91. The highest BCUT2D eigenvalue weighted by molar-refractivity contribution is 5.84. The number of aromatic nitrogens is 1. The van der Waals surface area contributed by atoms with Crippen LogP contribution in [0.15, 0.2) is 24.4 Å². The molecule has 0 fully saturated rings. The molecule has 0 saturated carbocycles. The number of carbonyl (C=O) groups is 1. The molecular formula is C17H24N2O4. The summed E-state index contributed by atoms with van der Waals surface area (Å²) in [6.45, 7) is 5.22. The minimum Gasteiger partial charge on any atom is -0.497 e. The third kappa shape index (κ3) is 4.63. The summed E-state index contributed by atoms with van der Waals surface area (Å²) < 4.78 is 10.5. The van der Waals surface area contributed by atoms with Crippen LogP contribution in [0, 0.1) is 0 Å². The lowest BCUT2D eigenvalue weighted by Gasteiger charge is -2.22. The summed E-state index contributed by atoms with van der Waals surface area (Å²) in [6, 6.07) is 5.33. The van der Waals surface area contributed by atoms with Crippen molar-refractivity contribution < 1.29 is 19.4 Å². The quantitative estimate of drug-likeness (QED) is 0.791. The van der Waals surface area contributed by atoms with E-state index in [1.165, 1.54) is 0 Å².